The second-order valence-electron chi connectivity index (χ2n) is 4.83. The monoisotopic (exact) mass is 279 g/mol. The number of carbonyl (C=O) groups excluding carboxylic acids is 1. The van der Waals surface area contributed by atoms with E-state index in [1.165, 1.54) is 0 Å². The second-order valence-corrected chi connectivity index (χ2v) is 4.83. The molecular formula is C13H21N5O2. The van der Waals surface area contributed by atoms with Gasteiger partial charge in [-0.1, -0.05) is 6.92 Å². The number of nitrogens with zero attached hydrogens (tertiary/aromatic N) is 3. The number of rotatable bonds is 5. The Bertz CT molecular complexity index is 437. The zero-order valence-electron chi connectivity index (χ0n) is 11.7. The van der Waals surface area contributed by atoms with Crippen molar-refractivity contribution in [3.63, 3.8) is 0 Å². The summed E-state index contributed by atoms with van der Waals surface area (Å²) in [5, 5.41) is 7.70. The molecule has 0 saturated carbocycles. The van der Waals surface area contributed by atoms with Crippen molar-refractivity contribution in [2.75, 3.05) is 25.1 Å². The van der Waals surface area contributed by atoms with Gasteiger partial charge in [0.05, 0.1) is 6.10 Å². The normalized spacial score (nSPS) is 18.9. The lowest BCUT2D eigenvalue weighted by molar-refractivity contribution is 0.00189. The minimum absolute atomic E-state index is 0.106. The number of nitrogens with one attached hydrogen (secondary N) is 1. The molecule has 2 rings (SSSR count). The van der Waals surface area contributed by atoms with Gasteiger partial charge < -0.3 is 15.1 Å². The van der Waals surface area contributed by atoms with Gasteiger partial charge >= 0.3 is 0 Å². The summed E-state index contributed by atoms with van der Waals surface area (Å²) in [6.07, 6.45) is 3.08. The highest BCUT2D eigenvalue weighted by atomic mass is 16.5. The second kappa shape index (κ2) is 7.16. The maximum Gasteiger partial charge on any atom is 0.274 e. The SMILES string of the molecule is CCCOC1CCCN(C(=O)c2ccc(NN)nn2)C1. The molecule has 0 radical (unpaired) electrons. The topological polar surface area (TPSA) is 93.4 Å². The lowest BCUT2D eigenvalue weighted by Crippen LogP contribution is -2.43. The molecule has 2 heterocycles. The number of amides is 1. The largest absolute Gasteiger partial charge is 0.376 e. The van der Waals surface area contributed by atoms with Crippen molar-refractivity contribution < 1.29 is 9.53 Å². The summed E-state index contributed by atoms with van der Waals surface area (Å²) < 4.78 is 5.73. The summed E-state index contributed by atoms with van der Waals surface area (Å²) in [5.41, 5.74) is 2.72. The Hall–Kier alpha value is -1.73. The van der Waals surface area contributed by atoms with Crippen LogP contribution in [0.5, 0.6) is 0 Å². The van der Waals surface area contributed by atoms with Crippen LogP contribution in [0.2, 0.25) is 0 Å². The maximum atomic E-state index is 12.3. The third-order valence-electron chi connectivity index (χ3n) is 3.25. The third-order valence-corrected chi connectivity index (χ3v) is 3.25. The Labute approximate surface area is 118 Å². The molecule has 7 heteroatoms. The first-order valence-corrected chi connectivity index (χ1v) is 6.95. The Kier molecular flexibility index (Phi) is 5.25. The van der Waals surface area contributed by atoms with Gasteiger partial charge in [0.2, 0.25) is 0 Å². The lowest BCUT2D eigenvalue weighted by atomic mass is 10.1. The van der Waals surface area contributed by atoms with Crippen LogP contribution in [0.15, 0.2) is 12.1 Å². The molecule has 1 fully saturated rings. The van der Waals surface area contributed by atoms with Crippen LogP contribution in [0.4, 0.5) is 5.82 Å². The number of nitrogens with two attached hydrogens (primary N) is 1. The molecule has 1 saturated heterocycles. The first-order chi connectivity index (χ1) is 9.74. The van der Waals surface area contributed by atoms with E-state index >= 15 is 0 Å². The number of anilines is 1. The zero-order valence-corrected chi connectivity index (χ0v) is 11.7. The first-order valence-electron chi connectivity index (χ1n) is 6.95. The molecule has 0 bridgehead atoms. The quantitative estimate of drug-likeness (QED) is 0.611. The van der Waals surface area contributed by atoms with E-state index in [1.807, 2.05) is 0 Å². The fraction of sp³-hybridized carbons (Fsp3) is 0.615. The summed E-state index contributed by atoms with van der Waals surface area (Å²) >= 11 is 0. The van der Waals surface area contributed by atoms with E-state index in [0.717, 1.165) is 32.4 Å². The number of hydrogen-bond donors (Lipinski definition) is 2. The van der Waals surface area contributed by atoms with E-state index < -0.39 is 0 Å². The number of carbonyl (C=O) groups is 1. The molecule has 0 aliphatic carbocycles. The summed E-state index contributed by atoms with van der Waals surface area (Å²) in [6, 6.07) is 3.26. The van der Waals surface area contributed by atoms with Crippen LogP contribution in [-0.2, 0) is 4.74 Å². The van der Waals surface area contributed by atoms with Gasteiger partial charge in [-0.15, -0.1) is 10.2 Å². The molecule has 0 spiro atoms. The van der Waals surface area contributed by atoms with E-state index in [0.29, 0.717) is 18.1 Å². The highest BCUT2D eigenvalue weighted by Crippen LogP contribution is 2.15. The Morgan fingerprint density at radius 2 is 2.40 bits per heavy atom. The number of hydrazine groups is 1. The molecular weight excluding hydrogens is 258 g/mol. The third kappa shape index (κ3) is 3.64. The van der Waals surface area contributed by atoms with Crippen LogP contribution < -0.4 is 11.3 Å². The van der Waals surface area contributed by atoms with Crippen LogP contribution in [0.1, 0.15) is 36.7 Å². The highest BCUT2D eigenvalue weighted by Gasteiger charge is 2.25. The Morgan fingerprint density at radius 1 is 1.55 bits per heavy atom. The highest BCUT2D eigenvalue weighted by molar-refractivity contribution is 5.92. The molecule has 1 aromatic rings. The molecule has 1 aromatic heterocycles. The van der Waals surface area contributed by atoms with Crippen LogP contribution in [0.3, 0.4) is 0 Å². The Morgan fingerprint density at radius 3 is 3.05 bits per heavy atom. The predicted molar refractivity (Wildman–Crippen MR) is 75.0 cm³/mol. The number of ether oxygens (including phenoxy) is 1. The number of nitrogen functional groups attached to an aromatic ring is 1. The van der Waals surface area contributed by atoms with Gasteiger partial charge in [0, 0.05) is 19.7 Å². The van der Waals surface area contributed by atoms with Crippen molar-refractivity contribution in [3.05, 3.63) is 17.8 Å². The van der Waals surface area contributed by atoms with Crippen molar-refractivity contribution >= 4 is 11.7 Å². The van der Waals surface area contributed by atoms with Crippen molar-refractivity contribution in [1.29, 1.82) is 0 Å². The molecule has 1 aliphatic heterocycles. The fourth-order valence-corrected chi connectivity index (χ4v) is 2.23. The number of aromatic nitrogens is 2. The molecule has 1 unspecified atom stereocenters. The maximum absolute atomic E-state index is 12.3. The summed E-state index contributed by atoms with van der Waals surface area (Å²) in [6.45, 7) is 4.18. The van der Waals surface area contributed by atoms with Gasteiger partial charge in [0.25, 0.3) is 5.91 Å². The van der Waals surface area contributed by atoms with Crippen LogP contribution in [-0.4, -0.2) is 46.8 Å². The summed E-state index contributed by atoms with van der Waals surface area (Å²) in [5.74, 6) is 5.55. The van der Waals surface area contributed by atoms with Crippen molar-refractivity contribution in [2.45, 2.75) is 32.3 Å². The standard InChI is InChI=1S/C13H21N5O2/c1-2-8-20-10-4-3-7-18(9-10)13(19)11-5-6-12(15-14)17-16-11/h5-6,10H,2-4,7-9,14H2,1H3,(H,15,17). The van der Waals surface area contributed by atoms with Gasteiger partial charge in [-0.3, -0.25) is 4.79 Å². The number of piperidine rings is 1. The molecule has 110 valence electrons. The van der Waals surface area contributed by atoms with Crippen LogP contribution in [0, 0.1) is 0 Å². The molecule has 1 atom stereocenters. The number of likely N-dealkylation sites (tertiary alicyclic amines) is 1. The van der Waals surface area contributed by atoms with E-state index in [-0.39, 0.29) is 12.0 Å². The van der Waals surface area contributed by atoms with Gasteiger partial charge in [0.15, 0.2) is 11.5 Å². The van der Waals surface area contributed by atoms with Gasteiger partial charge in [-0.2, -0.15) is 0 Å². The van der Waals surface area contributed by atoms with Crippen molar-refractivity contribution in [2.24, 2.45) is 5.84 Å². The lowest BCUT2D eigenvalue weighted by Gasteiger charge is -2.32. The van der Waals surface area contributed by atoms with Gasteiger partial charge in [-0.05, 0) is 31.4 Å². The van der Waals surface area contributed by atoms with Crippen molar-refractivity contribution in [1.82, 2.24) is 15.1 Å². The number of hydrogen-bond acceptors (Lipinski definition) is 6. The minimum Gasteiger partial charge on any atom is -0.376 e. The fourth-order valence-electron chi connectivity index (χ4n) is 2.23. The van der Waals surface area contributed by atoms with E-state index in [9.17, 15) is 4.79 Å². The predicted octanol–water partition coefficient (Wildman–Crippen LogP) is 0.793. The van der Waals surface area contributed by atoms with E-state index in [1.54, 1.807) is 17.0 Å². The zero-order chi connectivity index (χ0) is 14.4. The molecule has 0 aromatic carbocycles. The van der Waals surface area contributed by atoms with Gasteiger partial charge in [-0.25, -0.2) is 5.84 Å². The van der Waals surface area contributed by atoms with E-state index in [2.05, 4.69) is 22.5 Å². The molecule has 20 heavy (non-hydrogen) atoms. The van der Waals surface area contributed by atoms with Crippen LogP contribution >= 0.6 is 0 Å². The first kappa shape index (κ1) is 14.7. The van der Waals surface area contributed by atoms with Crippen molar-refractivity contribution in [3.8, 4) is 0 Å². The average molecular weight is 279 g/mol. The Balaban J connectivity index is 1.96. The minimum atomic E-state index is -0.106. The molecule has 7 nitrogen and oxygen atoms in total. The average Bonchev–Trinajstić information content (AvgIpc) is 2.52. The van der Waals surface area contributed by atoms with E-state index in [4.69, 9.17) is 10.6 Å². The smallest absolute Gasteiger partial charge is 0.274 e. The molecule has 1 aliphatic rings. The summed E-state index contributed by atoms with van der Waals surface area (Å²) in [4.78, 5) is 14.1. The summed E-state index contributed by atoms with van der Waals surface area (Å²) in [7, 11) is 0. The van der Waals surface area contributed by atoms with Gasteiger partial charge in [0.1, 0.15) is 0 Å². The molecule has 1 amide bonds. The van der Waals surface area contributed by atoms with Crippen LogP contribution in [0.25, 0.3) is 0 Å². The molecule has 3 N–H and O–H groups in total.